The maximum absolute atomic E-state index is 13.0. The molecule has 0 radical (unpaired) electrons. The van der Waals surface area contributed by atoms with E-state index in [-0.39, 0.29) is 5.82 Å². The first kappa shape index (κ1) is 17.3. The zero-order valence-corrected chi connectivity index (χ0v) is 14.9. The van der Waals surface area contributed by atoms with E-state index in [1.165, 1.54) is 12.1 Å². The van der Waals surface area contributed by atoms with Crippen LogP contribution >= 0.6 is 11.3 Å². The molecule has 2 heterocycles. The van der Waals surface area contributed by atoms with Crippen molar-refractivity contribution in [2.75, 3.05) is 24.6 Å². The molecule has 1 aliphatic heterocycles. The number of benzene rings is 1. The van der Waals surface area contributed by atoms with Crippen molar-refractivity contribution in [2.24, 2.45) is 0 Å². The van der Waals surface area contributed by atoms with Crippen LogP contribution < -0.4 is 4.90 Å². The fourth-order valence-corrected chi connectivity index (χ4v) is 3.85. The van der Waals surface area contributed by atoms with Gasteiger partial charge in [0.1, 0.15) is 10.8 Å². The van der Waals surface area contributed by atoms with Gasteiger partial charge in [-0.2, -0.15) is 0 Å². The molecule has 1 saturated heterocycles. The van der Waals surface area contributed by atoms with Gasteiger partial charge in [-0.1, -0.05) is 30.4 Å². The molecule has 0 saturated carbocycles. The normalized spacial score (nSPS) is 18.6. The Morgan fingerprint density at radius 2 is 2.04 bits per heavy atom. The van der Waals surface area contributed by atoms with Crippen LogP contribution in [0.3, 0.4) is 0 Å². The van der Waals surface area contributed by atoms with E-state index in [4.69, 9.17) is 4.74 Å². The summed E-state index contributed by atoms with van der Waals surface area (Å²) in [5.74, 6) is -0.207. The molecule has 3 rings (SSSR count). The molecule has 4 nitrogen and oxygen atoms in total. The number of ether oxygens (including phenoxy) is 1. The predicted octanol–water partition coefficient (Wildman–Crippen LogP) is 4.05. The van der Waals surface area contributed by atoms with E-state index in [0.29, 0.717) is 12.5 Å². The molecule has 24 heavy (non-hydrogen) atoms. The monoisotopic (exact) mass is 349 g/mol. The molecule has 1 aliphatic rings. The van der Waals surface area contributed by atoms with Crippen LogP contribution in [0.5, 0.6) is 0 Å². The van der Waals surface area contributed by atoms with Crippen LogP contribution in [0.2, 0.25) is 0 Å². The molecule has 0 spiro atoms. The van der Waals surface area contributed by atoms with Gasteiger partial charge in [0.2, 0.25) is 5.13 Å². The SMILES string of the molecule is CCCOC1CCCN(c2nnc(Cc3ccc(F)cc3)s2)CC1. The quantitative estimate of drug-likeness (QED) is 0.788. The Kier molecular flexibility index (Phi) is 6.15. The van der Waals surface area contributed by atoms with Crippen molar-refractivity contribution in [3.63, 3.8) is 0 Å². The number of anilines is 1. The van der Waals surface area contributed by atoms with E-state index in [1.54, 1.807) is 23.5 Å². The van der Waals surface area contributed by atoms with Crippen LogP contribution in [-0.2, 0) is 11.2 Å². The van der Waals surface area contributed by atoms with Crippen molar-refractivity contribution >= 4 is 16.5 Å². The lowest BCUT2D eigenvalue weighted by molar-refractivity contribution is 0.0461. The Hall–Kier alpha value is -1.53. The van der Waals surface area contributed by atoms with Crippen molar-refractivity contribution in [3.8, 4) is 0 Å². The molecule has 1 unspecified atom stereocenters. The molecular formula is C18H24FN3OS. The van der Waals surface area contributed by atoms with Crippen LogP contribution in [0.15, 0.2) is 24.3 Å². The molecule has 6 heteroatoms. The summed E-state index contributed by atoms with van der Waals surface area (Å²) in [4.78, 5) is 2.32. The van der Waals surface area contributed by atoms with Crippen molar-refractivity contribution in [3.05, 3.63) is 40.7 Å². The average molecular weight is 349 g/mol. The maximum atomic E-state index is 13.0. The standard InChI is InChI=1S/C18H24FN3OS/c1-2-12-23-16-4-3-10-22(11-9-16)18-21-20-17(24-18)13-14-5-7-15(19)8-6-14/h5-8,16H,2-4,9-13H2,1H3. The molecule has 0 aliphatic carbocycles. The third-order valence-corrected chi connectivity index (χ3v) is 5.21. The fourth-order valence-electron chi connectivity index (χ4n) is 2.93. The molecule has 0 amide bonds. The third-order valence-electron chi connectivity index (χ3n) is 4.23. The molecular weight excluding hydrogens is 325 g/mol. The number of rotatable bonds is 6. The van der Waals surface area contributed by atoms with Gasteiger partial charge in [0, 0.05) is 26.1 Å². The Bertz CT molecular complexity index is 631. The van der Waals surface area contributed by atoms with Gasteiger partial charge >= 0.3 is 0 Å². The Labute approximate surface area is 146 Å². The molecule has 1 aromatic heterocycles. The summed E-state index contributed by atoms with van der Waals surface area (Å²) in [5.41, 5.74) is 1.06. The molecule has 1 fully saturated rings. The highest BCUT2D eigenvalue weighted by Crippen LogP contribution is 2.25. The summed E-state index contributed by atoms with van der Waals surface area (Å²) in [6.07, 6.45) is 5.45. The average Bonchev–Trinajstić information content (AvgIpc) is 2.92. The molecule has 130 valence electrons. The van der Waals surface area contributed by atoms with Crippen LogP contribution in [0.4, 0.5) is 9.52 Å². The van der Waals surface area contributed by atoms with Gasteiger partial charge in [0.05, 0.1) is 6.10 Å². The highest BCUT2D eigenvalue weighted by molar-refractivity contribution is 7.15. The lowest BCUT2D eigenvalue weighted by Crippen LogP contribution is -2.24. The van der Waals surface area contributed by atoms with E-state index in [0.717, 1.165) is 61.1 Å². The van der Waals surface area contributed by atoms with E-state index < -0.39 is 0 Å². The van der Waals surface area contributed by atoms with Gasteiger partial charge in [-0.15, -0.1) is 10.2 Å². The van der Waals surface area contributed by atoms with Gasteiger partial charge in [-0.05, 0) is 43.4 Å². The minimum absolute atomic E-state index is 0.207. The van der Waals surface area contributed by atoms with Gasteiger partial charge < -0.3 is 9.64 Å². The zero-order valence-electron chi connectivity index (χ0n) is 14.1. The second-order valence-electron chi connectivity index (χ2n) is 6.19. The minimum Gasteiger partial charge on any atom is -0.378 e. The minimum atomic E-state index is -0.207. The number of halogens is 1. The summed E-state index contributed by atoms with van der Waals surface area (Å²) in [5, 5.41) is 10.6. The van der Waals surface area contributed by atoms with Crippen molar-refractivity contribution < 1.29 is 9.13 Å². The van der Waals surface area contributed by atoms with E-state index in [2.05, 4.69) is 22.0 Å². The Morgan fingerprint density at radius 3 is 2.83 bits per heavy atom. The molecule has 0 N–H and O–H groups in total. The first-order valence-corrected chi connectivity index (χ1v) is 9.49. The second kappa shape index (κ2) is 8.53. The second-order valence-corrected chi connectivity index (χ2v) is 7.23. The number of hydrogen-bond donors (Lipinski definition) is 0. The van der Waals surface area contributed by atoms with Crippen molar-refractivity contribution in [1.82, 2.24) is 10.2 Å². The molecule has 2 aromatic rings. The number of nitrogens with zero attached hydrogens (tertiary/aromatic N) is 3. The zero-order chi connectivity index (χ0) is 16.8. The molecule has 1 atom stereocenters. The summed E-state index contributed by atoms with van der Waals surface area (Å²) in [6, 6.07) is 6.58. The number of hydrogen-bond acceptors (Lipinski definition) is 5. The third kappa shape index (κ3) is 4.74. The first-order chi connectivity index (χ1) is 11.7. The fraction of sp³-hybridized carbons (Fsp3) is 0.556. The summed E-state index contributed by atoms with van der Waals surface area (Å²) in [7, 11) is 0. The van der Waals surface area contributed by atoms with Crippen LogP contribution in [-0.4, -0.2) is 36.0 Å². The summed E-state index contributed by atoms with van der Waals surface area (Å²) >= 11 is 1.64. The van der Waals surface area contributed by atoms with Crippen molar-refractivity contribution in [2.45, 2.75) is 45.1 Å². The van der Waals surface area contributed by atoms with E-state index >= 15 is 0 Å². The van der Waals surface area contributed by atoms with Gasteiger partial charge in [0.15, 0.2) is 0 Å². The van der Waals surface area contributed by atoms with Crippen LogP contribution in [0.1, 0.15) is 43.2 Å². The van der Waals surface area contributed by atoms with E-state index in [9.17, 15) is 4.39 Å². The lowest BCUT2D eigenvalue weighted by Gasteiger charge is -2.18. The maximum Gasteiger partial charge on any atom is 0.208 e. The molecule has 1 aromatic carbocycles. The van der Waals surface area contributed by atoms with Gasteiger partial charge in [0.25, 0.3) is 0 Å². The smallest absolute Gasteiger partial charge is 0.208 e. The first-order valence-electron chi connectivity index (χ1n) is 8.68. The Morgan fingerprint density at radius 1 is 1.21 bits per heavy atom. The predicted molar refractivity (Wildman–Crippen MR) is 95.2 cm³/mol. The Balaban J connectivity index is 1.57. The van der Waals surface area contributed by atoms with Gasteiger partial charge in [-0.3, -0.25) is 0 Å². The van der Waals surface area contributed by atoms with Crippen molar-refractivity contribution in [1.29, 1.82) is 0 Å². The molecule has 0 bridgehead atoms. The van der Waals surface area contributed by atoms with Crippen LogP contribution in [0.25, 0.3) is 0 Å². The highest BCUT2D eigenvalue weighted by Gasteiger charge is 2.20. The summed E-state index contributed by atoms with van der Waals surface area (Å²) < 4.78 is 18.9. The lowest BCUT2D eigenvalue weighted by atomic mass is 10.2. The largest absolute Gasteiger partial charge is 0.378 e. The topological polar surface area (TPSA) is 38.2 Å². The summed E-state index contributed by atoms with van der Waals surface area (Å²) in [6.45, 7) is 4.98. The van der Waals surface area contributed by atoms with E-state index in [1.807, 2.05) is 0 Å². The number of aromatic nitrogens is 2. The van der Waals surface area contributed by atoms with Crippen LogP contribution in [0, 0.1) is 5.82 Å². The highest BCUT2D eigenvalue weighted by atomic mass is 32.1. The van der Waals surface area contributed by atoms with Gasteiger partial charge in [-0.25, -0.2) is 4.39 Å².